The molecule has 0 fully saturated rings. The number of carbonyl (C=O) groups excluding carboxylic acids is 3. The average molecular weight is 270 g/mol. The van der Waals surface area contributed by atoms with Gasteiger partial charge in [-0.25, -0.2) is 0 Å². The van der Waals surface area contributed by atoms with Gasteiger partial charge in [-0.15, -0.1) is 0 Å². The van der Waals surface area contributed by atoms with Gasteiger partial charge in [0.25, 0.3) is 11.8 Å². The number of fused-ring (bicyclic) bond motifs is 1. The van der Waals surface area contributed by atoms with Gasteiger partial charge in [0.1, 0.15) is 6.54 Å². The highest BCUT2D eigenvalue weighted by molar-refractivity contribution is 6.22. The van der Waals surface area contributed by atoms with Crippen LogP contribution < -0.4 is 0 Å². The van der Waals surface area contributed by atoms with E-state index in [0.717, 1.165) is 11.3 Å². The molecule has 0 saturated heterocycles. The van der Waals surface area contributed by atoms with Crippen LogP contribution in [0.1, 0.15) is 27.1 Å². The molecule has 1 aromatic rings. The fraction of sp³-hybridized carbons (Fsp3) is 0.267. The summed E-state index contributed by atoms with van der Waals surface area (Å²) in [6, 6.07) is 6.66. The Morgan fingerprint density at radius 2 is 1.70 bits per heavy atom. The van der Waals surface area contributed by atoms with Gasteiger partial charge in [0, 0.05) is 13.1 Å². The first-order valence-electron chi connectivity index (χ1n) is 6.56. The largest absolute Gasteiger partial charge is 0.337 e. The highest BCUT2D eigenvalue weighted by Gasteiger charge is 2.36. The summed E-state index contributed by atoms with van der Waals surface area (Å²) >= 11 is 0. The van der Waals surface area contributed by atoms with Crippen LogP contribution in [0.2, 0.25) is 0 Å². The number of hydrogen-bond donors (Lipinski definition) is 0. The predicted molar refractivity (Wildman–Crippen MR) is 72.1 cm³/mol. The summed E-state index contributed by atoms with van der Waals surface area (Å²) in [5.41, 5.74) is 0.757. The number of imide groups is 1. The topological polar surface area (TPSA) is 57.7 Å². The molecule has 102 valence electrons. The van der Waals surface area contributed by atoms with Crippen molar-refractivity contribution in [2.75, 3.05) is 19.6 Å². The van der Waals surface area contributed by atoms with Crippen LogP contribution in [0.5, 0.6) is 0 Å². The molecule has 2 aliphatic rings. The molecule has 0 aromatic heterocycles. The van der Waals surface area contributed by atoms with Crippen LogP contribution in [0.4, 0.5) is 0 Å². The van der Waals surface area contributed by atoms with Crippen LogP contribution in [0.15, 0.2) is 36.4 Å². The molecule has 0 N–H and O–H groups in total. The van der Waals surface area contributed by atoms with E-state index in [-0.39, 0.29) is 24.3 Å². The first-order chi connectivity index (χ1) is 9.68. The Hall–Kier alpha value is -2.43. The predicted octanol–water partition coefficient (Wildman–Crippen LogP) is 1.07. The summed E-state index contributed by atoms with van der Waals surface area (Å²) in [4.78, 5) is 39.1. The monoisotopic (exact) mass is 270 g/mol. The van der Waals surface area contributed by atoms with Crippen molar-refractivity contribution in [1.29, 1.82) is 0 Å². The SMILES string of the molecule is O=C(CN1C(=O)c2ccccc2C1=O)N1CC=CCC1. The Bertz CT molecular complexity index is 586. The van der Waals surface area contributed by atoms with Gasteiger partial charge in [-0.05, 0) is 18.6 Å². The number of carbonyl (C=O) groups is 3. The fourth-order valence-electron chi connectivity index (χ4n) is 2.49. The summed E-state index contributed by atoms with van der Waals surface area (Å²) in [7, 11) is 0. The first-order valence-corrected chi connectivity index (χ1v) is 6.56. The maximum Gasteiger partial charge on any atom is 0.262 e. The highest BCUT2D eigenvalue weighted by Crippen LogP contribution is 2.22. The van der Waals surface area contributed by atoms with Gasteiger partial charge >= 0.3 is 0 Å². The Kier molecular flexibility index (Phi) is 3.10. The van der Waals surface area contributed by atoms with Crippen molar-refractivity contribution in [3.63, 3.8) is 0 Å². The third-order valence-corrected chi connectivity index (χ3v) is 3.58. The van der Waals surface area contributed by atoms with Gasteiger partial charge in [-0.3, -0.25) is 19.3 Å². The number of amides is 3. The van der Waals surface area contributed by atoms with Crippen molar-refractivity contribution >= 4 is 17.7 Å². The van der Waals surface area contributed by atoms with E-state index in [0.29, 0.717) is 24.2 Å². The molecule has 5 nitrogen and oxygen atoms in total. The third-order valence-electron chi connectivity index (χ3n) is 3.58. The average Bonchev–Trinajstić information content (AvgIpc) is 2.74. The Labute approximate surface area is 116 Å². The summed E-state index contributed by atoms with van der Waals surface area (Å²) in [6.07, 6.45) is 4.75. The zero-order valence-electron chi connectivity index (χ0n) is 10.9. The van der Waals surface area contributed by atoms with Crippen molar-refractivity contribution in [3.8, 4) is 0 Å². The lowest BCUT2D eigenvalue weighted by atomic mass is 10.1. The van der Waals surface area contributed by atoms with E-state index in [1.807, 2.05) is 12.2 Å². The van der Waals surface area contributed by atoms with E-state index in [2.05, 4.69) is 0 Å². The molecule has 0 aliphatic carbocycles. The van der Waals surface area contributed by atoms with Gasteiger partial charge in [-0.1, -0.05) is 24.3 Å². The van der Waals surface area contributed by atoms with Gasteiger partial charge < -0.3 is 4.90 Å². The Morgan fingerprint density at radius 1 is 1.05 bits per heavy atom. The molecule has 5 heteroatoms. The second-order valence-electron chi connectivity index (χ2n) is 4.84. The molecule has 2 heterocycles. The highest BCUT2D eigenvalue weighted by atomic mass is 16.2. The number of hydrogen-bond acceptors (Lipinski definition) is 3. The van der Waals surface area contributed by atoms with Gasteiger partial charge in [0.15, 0.2) is 0 Å². The van der Waals surface area contributed by atoms with Gasteiger partial charge in [-0.2, -0.15) is 0 Å². The molecule has 0 bridgehead atoms. The molecule has 3 amide bonds. The standard InChI is InChI=1S/C15H14N2O3/c18-13(16-8-4-1-5-9-16)10-17-14(19)11-6-2-3-7-12(11)15(17)20/h1-4,6-7H,5,8-10H2. The van der Waals surface area contributed by atoms with Crippen LogP contribution >= 0.6 is 0 Å². The first kappa shape index (κ1) is 12.6. The molecular weight excluding hydrogens is 256 g/mol. The van der Waals surface area contributed by atoms with E-state index in [4.69, 9.17) is 0 Å². The number of nitrogens with zero attached hydrogens (tertiary/aromatic N) is 2. The van der Waals surface area contributed by atoms with Crippen molar-refractivity contribution in [3.05, 3.63) is 47.5 Å². The zero-order chi connectivity index (χ0) is 14.1. The summed E-state index contributed by atoms with van der Waals surface area (Å²) in [5, 5.41) is 0. The second-order valence-corrected chi connectivity index (χ2v) is 4.84. The molecule has 0 radical (unpaired) electrons. The van der Waals surface area contributed by atoms with E-state index >= 15 is 0 Å². The molecule has 3 rings (SSSR count). The van der Waals surface area contributed by atoms with Crippen LogP contribution in [-0.2, 0) is 4.79 Å². The lowest BCUT2D eigenvalue weighted by molar-refractivity contribution is -0.131. The second kappa shape index (κ2) is 4.92. The molecule has 1 aromatic carbocycles. The van der Waals surface area contributed by atoms with E-state index in [1.165, 1.54) is 0 Å². The minimum atomic E-state index is -0.383. The number of rotatable bonds is 2. The molecule has 0 spiro atoms. The van der Waals surface area contributed by atoms with Gasteiger partial charge in [0.05, 0.1) is 11.1 Å². The van der Waals surface area contributed by atoms with E-state index in [9.17, 15) is 14.4 Å². The summed E-state index contributed by atoms with van der Waals surface area (Å²) in [6.45, 7) is 1.00. The summed E-state index contributed by atoms with van der Waals surface area (Å²) in [5.74, 6) is -0.957. The molecule has 0 atom stereocenters. The van der Waals surface area contributed by atoms with Crippen LogP contribution in [0, 0.1) is 0 Å². The molecular formula is C15H14N2O3. The van der Waals surface area contributed by atoms with E-state index < -0.39 is 0 Å². The van der Waals surface area contributed by atoms with Crippen molar-refractivity contribution in [2.24, 2.45) is 0 Å². The summed E-state index contributed by atoms with van der Waals surface area (Å²) < 4.78 is 0. The van der Waals surface area contributed by atoms with E-state index in [1.54, 1.807) is 29.2 Å². The third kappa shape index (κ3) is 2.01. The molecule has 2 aliphatic heterocycles. The normalized spacial score (nSPS) is 17.6. The smallest absolute Gasteiger partial charge is 0.262 e. The van der Waals surface area contributed by atoms with Gasteiger partial charge in [0.2, 0.25) is 5.91 Å². The Balaban J connectivity index is 1.76. The Morgan fingerprint density at radius 3 is 2.25 bits per heavy atom. The maximum absolute atomic E-state index is 12.1. The minimum absolute atomic E-state index is 0.180. The maximum atomic E-state index is 12.1. The quantitative estimate of drug-likeness (QED) is 0.596. The number of benzene rings is 1. The van der Waals surface area contributed by atoms with Crippen molar-refractivity contribution in [2.45, 2.75) is 6.42 Å². The van der Waals surface area contributed by atoms with Crippen LogP contribution in [0.3, 0.4) is 0 Å². The fourth-order valence-corrected chi connectivity index (χ4v) is 2.49. The van der Waals surface area contributed by atoms with Crippen LogP contribution in [0.25, 0.3) is 0 Å². The van der Waals surface area contributed by atoms with Crippen molar-refractivity contribution in [1.82, 2.24) is 9.80 Å². The molecule has 0 saturated carbocycles. The molecule has 0 unspecified atom stereocenters. The van der Waals surface area contributed by atoms with Crippen molar-refractivity contribution < 1.29 is 14.4 Å². The lowest BCUT2D eigenvalue weighted by Gasteiger charge is -2.25. The minimum Gasteiger partial charge on any atom is -0.337 e. The molecule has 20 heavy (non-hydrogen) atoms. The lowest BCUT2D eigenvalue weighted by Crippen LogP contribution is -2.43. The van der Waals surface area contributed by atoms with Crippen LogP contribution in [-0.4, -0.2) is 47.2 Å². The zero-order valence-corrected chi connectivity index (χ0v) is 10.9.